The van der Waals surface area contributed by atoms with Gasteiger partial charge < -0.3 is 29.4 Å². The number of anilines is 1. The number of aromatic nitrogens is 3. The maximum atomic E-state index is 12.8. The van der Waals surface area contributed by atoms with Crippen LogP contribution in [0, 0.1) is 5.92 Å². The summed E-state index contributed by atoms with van der Waals surface area (Å²) in [4.78, 5) is 27.1. The molecule has 2 aliphatic rings. The number of aromatic amines is 1. The molecule has 40 heavy (non-hydrogen) atoms. The molecule has 2 aromatic carbocycles. The zero-order valence-corrected chi connectivity index (χ0v) is 22.7. The van der Waals surface area contributed by atoms with E-state index in [1.54, 1.807) is 11.2 Å². The first-order valence-corrected chi connectivity index (χ1v) is 13.7. The molecule has 4 aromatic rings. The van der Waals surface area contributed by atoms with Gasteiger partial charge in [-0.15, -0.1) is 0 Å². The number of ether oxygens (including phenoxy) is 3. The monoisotopic (exact) mass is 539 g/mol. The number of benzene rings is 2. The lowest BCUT2D eigenvalue weighted by Crippen LogP contribution is -2.35. The van der Waals surface area contributed by atoms with E-state index in [1.165, 1.54) is 0 Å². The molecule has 2 aromatic heterocycles. The summed E-state index contributed by atoms with van der Waals surface area (Å²) < 4.78 is 17.1. The van der Waals surface area contributed by atoms with Gasteiger partial charge in [-0.3, -0.25) is 0 Å². The third-order valence-corrected chi connectivity index (χ3v) is 7.27. The summed E-state index contributed by atoms with van der Waals surface area (Å²) >= 11 is 0. The number of carbonyl (C=O) groups excluding carboxylic acids is 1. The number of nitrogens with zero attached hydrogens (tertiary/aromatic N) is 3. The molecule has 2 aliphatic heterocycles. The average molecular weight is 540 g/mol. The topological polar surface area (TPSA) is 102 Å². The summed E-state index contributed by atoms with van der Waals surface area (Å²) in [5, 5.41) is 4.54. The second kappa shape index (κ2) is 11.3. The fourth-order valence-electron chi connectivity index (χ4n) is 5.17. The number of carbonyl (C=O) groups is 1. The Kier molecular flexibility index (Phi) is 7.27. The number of nitrogens with one attached hydrogen (secondary N) is 2. The average Bonchev–Trinajstić information content (AvgIpc) is 3.44. The lowest BCUT2D eigenvalue weighted by Gasteiger charge is -2.26. The van der Waals surface area contributed by atoms with Crippen LogP contribution in [0.25, 0.3) is 16.6 Å². The molecule has 206 valence electrons. The minimum absolute atomic E-state index is 0.00366. The molecule has 2 N–H and O–H groups in total. The number of H-pyrrole nitrogens is 1. The number of hydrogen-bond acceptors (Lipinski definition) is 7. The molecule has 0 fully saturated rings. The molecule has 0 aliphatic carbocycles. The fraction of sp³-hybridized carbons (Fsp3) is 0.323. The molecule has 4 heterocycles. The Morgan fingerprint density at radius 1 is 1.07 bits per heavy atom. The minimum Gasteiger partial charge on any atom is -0.486 e. The van der Waals surface area contributed by atoms with Crippen LogP contribution in [0.3, 0.4) is 0 Å². The van der Waals surface area contributed by atoms with Crippen LogP contribution in [-0.2, 0) is 11.3 Å². The van der Waals surface area contributed by atoms with Gasteiger partial charge in [-0.25, -0.2) is 14.8 Å². The van der Waals surface area contributed by atoms with E-state index in [0.29, 0.717) is 26.3 Å². The molecule has 0 unspecified atom stereocenters. The van der Waals surface area contributed by atoms with Gasteiger partial charge in [0.25, 0.3) is 0 Å². The van der Waals surface area contributed by atoms with E-state index in [4.69, 9.17) is 14.2 Å². The predicted octanol–water partition coefficient (Wildman–Crippen LogP) is 5.96. The minimum atomic E-state index is -0.313. The highest BCUT2D eigenvalue weighted by Gasteiger charge is 2.24. The van der Waals surface area contributed by atoms with Gasteiger partial charge in [0, 0.05) is 12.2 Å². The number of fused-ring (bicyclic) bond motifs is 2. The van der Waals surface area contributed by atoms with E-state index < -0.39 is 0 Å². The first kappa shape index (κ1) is 25.7. The van der Waals surface area contributed by atoms with Gasteiger partial charge in [-0.1, -0.05) is 56.3 Å². The standard InChI is InChI=1S/C31H33N5O4/c1-20(2)28(22-10-11-26-27(15-22)39-14-13-38-26)35-30-24-16-25(34-29(24)32-19-33-30)23-9-6-12-36(17-23)31(37)40-18-21-7-4-3-5-8-21/h3-5,7-11,15-16,19-20,28H,6,12-14,17-18H2,1-2H3,(H2,32,33,34,35)/t28-/m1/s1. The highest BCUT2D eigenvalue weighted by Crippen LogP contribution is 2.36. The van der Waals surface area contributed by atoms with Crippen molar-refractivity contribution in [1.82, 2.24) is 19.9 Å². The van der Waals surface area contributed by atoms with E-state index in [0.717, 1.165) is 57.2 Å². The molecule has 6 rings (SSSR count). The van der Waals surface area contributed by atoms with Crippen molar-refractivity contribution < 1.29 is 19.0 Å². The number of amides is 1. The Labute approximate surface area is 233 Å². The first-order chi connectivity index (χ1) is 19.5. The maximum absolute atomic E-state index is 12.8. The van der Waals surface area contributed by atoms with Gasteiger partial charge in [0.1, 0.15) is 37.6 Å². The van der Waals surface area contributed by atoms with Crippen LogP contribution in [-0.4, -0.2) is 52.2 Å². The SMILES string of the molecule is CC(C)[C@@H](Nc1ncnc2[nH]c(C3=CCCN(C(=O)OCc4ccccc4)C3)cc12)c1ccc2c(c1)OCCO2. The molecular weight excluding hydrogens is 506 g/mol. The second-order valence-electron chi connectivity index (χ2n) is 10.4. The predicted molar refractivity (Wildman–Crippen MR) is 153 cm³/mol. The number of hydrogen-bond donors (Lipinski definition) is 2. The Morgan fingerprint density at radius 3 is 2.73 bits per heavy atom. The number of rotatable bonds is 7. The smallest absolute Gasteiger partial charge is 0.410 e. The van der Waals surface area contributed by atoms with E-state index in [-0.39, 0.29) is 24.7 Å². The van der Waals surface area contributed by atoms with Gasteiger partial charge in [0.2, 0.25) is 0 Å². The van der Waals surface area contributed by atoms with Gasteiger partial charge >= 0.3 is 6.09 Å². The highest BCUT2D eigenvalue weighted by molar-refractivity contribution is 5.91. The molecular formula is C31H33N5O4. The van der Waals surface area contributed by atoms with Crippen molar-refractivity contribution in [2.75, 3.05) is 31.6 Å². The van der Waals surface area contributed by atoms with Crippen LogP contribution >= 0.6 is 0 Å². The summed E-state index contributed by atoms with van der Waals surface area (Å²) in [7, 11) is 0. The normalized spacial score (nSPS) is 15.6. The van der Waals surface area contributed by atoms with Gasteiger partial charge in [0.05, 0.1) is 18.0 Å². The summed E-state index contributed by atoms with van der Waals surface area (Å²) in [6.45, 7) is 6.80. The van der Waals surface area contributed by atoms with E-state index in [9.17, 15) is 4.79 Å². The Morgan fingerprint density at radius 2 is 1.90 bits per heavy atom. The zero-order valence-electron chi connectivity index (χ0n) is 22.7. The van der Waals surface area contributed by atoms with Crippen molar-refractivity contribution in [2.45, 2.75) is 32.9 Å². The third kappa shape index (κ3) is 5.45. The van der Waals surface area contributed by atoms with Gasteiger partial charge in [0.15, 0.2) is 11.5 Å². The molecule has 0 saturated carbocycles. The highest BCUT2D eigenvalue weighted by atomic mass is 16.6. The van der Waals surface area contributed by atoms with Crippen molar-refractivity contribution in [2.24, 2.45) is 5.92 Å². The first-order valence-electron chi connectivity index (χ1n) is 13.7. The lowest BCUT2D eigenvalue weighted by atomic mass is 9.95. The Bertz CT molecular complexity index is 1530. The molecule has 0 spiro atoms. The molecule has 1 amide bonds. The fourth-order valence-corrected chi connectivity index (χ4v) is 5.17. The van der Waals surface area contributed by atoms with Crippen LogP contribution in [0.15, 0.2) is 67.0 Å². The van der Waals surface area contributed by atoms with Crippen LogP contribution in [0.4, 0.5) is 10.6 Å². The van der Waals surface area contributed by atoms with Crippen LogP contribution in [0.5, 0.6) is 11.5 Å². The van der Waals surface area contributed by atoms with Crippen LogP contribution in [0.2, 0.25) is 0 Å². The second-order valence-corrected chi connectivity index (χ2v) is 10.4. The Hall–Kier alpha value is -4.53. The molecule has 0 saturated heterocycles. The molecule has 0 bridgehead atoms. The van der Waals surface area contributed by atoms with Crippen molar-refractivity contribution >= 4 is 28.5 Å². The molecule has 9 nitrogen and oxygen atoms in total. The van der Waals surface area contributed by atoms with Crippen molar-refractivity contribution in [1.29, 1.82) is 0 Å². The summed E-state index contributed by atoms with van der Waals surface area (Å²) in [6.07, 6.45) is 4.17. The van der Waals surface area contributed by atoms with Crippen LogP contribution in [0.1, 0.15) is 43.1 Å². The van der Waals surface area contributed by atoms with Crippen molar-refractivity contribution in [3.05, 3.63) is 83.8 Å². The lowest BCUT2D eigenvalue weighted by molar-refractivity contribution is 0.100. The van der Waals surface area contributed by atoms with E-state index in [1.807, 2.05) is 42.5 Å². The summed E-state index contributed by atoms with van der Waals surface area (Å²) in [5.74, 6) is 2.57. The van der Waals surface area contributed by atoms with E-state index in [2.05, 4.69) is 52.3 Å². The maximum Gasteiger partial charge on any atom is 0.410 e. The van der Waals surface area contributed by atoms with E-state index >= 15 is 0 Å². The summed E-state index contributed by atoms with van der Waals surface area (Å²) in [6, 6.07) is 17.9. The van der Waals surface area contributed by atoms with Gasteiger partial charge in [-0.05, 0) is 47.2 Å². The largest absolute Gasteiger partial charge is 0.486 e. The quantitative estimate of drug-likeness (QED) is 0.299. The van der Waals surface area contributed by atoms with Crippen molar-refractivity contribution in [3.63, 3.8) is 0 Å². The molecule has 1 atom stereocenters. The zero-order chi connectivity index (χ0) is 27.5. The Balaban J connectivity index is 1.19. The van der Waals surface area contributed by atoms with Gasteiger partial charge in [-0.2, -0.15) is 0 Å². The van der Waals surface area contributed by atoms with Crippen molar-refractivity contribution in [3.8, 4) is 11.5 Å². The third-order valence-electron chi connectivity index (χ3n) is 7.27. The molecule has 9 heteroatoms. The summed E-state index contributed by atoms with van der Waals surface area (Å²) in [5.41, 5.74) is 4.75. The molecule has 0 radical (unpaired) electrons. The van der Waals surface area contributed by atoms with Crippen LogP contribution < -0.4 is 14.8 Å².